The Balaban J connectivity index is 2.02. The van der Waals surface area contributed by atoms with Gasteiger partial charge in [0.05, 0.1) is 15.6 Å². The molecule has 2 nitrogen and oxygen atoms in total. The first-order valence-electron chi connectivity index (χ1n) is 7.52. The Bertz CT molecular complexity index is 852. The molecule has 0 saturated carbocycles. The Kier molecular flexibility index (Phi) is 3.61. The Morgan fingerprint density at radius 3 is 2.68 bits per heavy atom. The summed E-state index contributed by atoms with van der Waals surface area (Å²) in [6.07, 6.45) is 1.05. The number of halogens is 2. The number of rotatable bonds is 1. The van der Waals surface area contributed by atoms with Crippen molar-refractivity contribution in [2.24, 2.45) is 0 Å². The third kappa shape index (κ3) is 2.23. The smallest absolute Gasteiger partial charge is 0.0671 e. The standard InChI is InChI=1S/C18H16Cl2N2/c19-16-6-2-4-14(17(16)20)15-5-1-3-12-11-13-7-8-21-9-10-22(13)18(12)15/h1-6,11,21H,7-10H2. The molecule has 0 saturated heterocycles. The number of aromatic nitrogens is 1. The molecule has 1 aliphatic heterocycles. The summed E-state index contributed by atoms with van der Waals surface area (Å²) in [5.74, 6) is 0. The van der Waals surface area contributed by atoms with E-state index >= 15 is 0 Å². The van der Waals surface area contributed by atoms with E-state index < -0.39 is 0 Å². The van der Waals surface area contributed by atoms with E-state index in [-0.39, 0.29) is 0 Å². The van der Waals surface area contributed by atoms with E-state index in [1.54, 1.807) is 0 Å². The van der Waals surface area contributed by atoms with Crippen molar-refractivity contribution in [2.45, 2.75) is 13.0 Å². The second kappa shape index (κ2) is 5.62. The minimum atomic E-state index is 0.598. The lowest BCUT2D eigenvalue weighted by Gasteiger charge is -2.12. The summed E-state index contributed by atoms with van der Waals surface area (Å²) in [5.41, 5.74) is 4.78. The molecule has 0 aliphatic carbocycles. The first kappa shape index (κ1) is 14.1. The zero-order valence-corrected chi connectivity index (χ0v) is 13.6. The van der Waals surface area contributed by atoms with Gasteiger partial charge in [-0.05, 0) is 12.1 Å². The highest BCUT2D eigenvalue weighted by atomic mass is 35.5. The highest BCUT2D eigenvalue weighted by Gasteiger charge is 2.17. The summed E-state index contributed by atoms with van der Waals surface area (Å²) in [5, 5.41) is 5.95. The van der Waals surface area contributed by atoms with E-state index in [1.165, 1.54) is 16.6 Å². The van der Waals surface area contributed by atoms with E-state index in [4.69, 9.17) is 23.2 Å². The predicted octanol–water partition coefficient (Wildman–Crippen LogP) is 4.76. The van der Waals surface area contributed by atoms with Gasteiger partial charge in [-0.25, -0.2) is 0 Å². The molecule has 0 spiro atoms. The van der Waals surface area contributed by atoms with Crippen molar-refractivity contribution < 1.29 is 0 Å². The third-order valence-electron chi connectivity index (χ3n) is 4.32. The highest BCUT2D eigenvalue weighted by molar-refractivity contribution is 6.43. The molecule has 4 rings (SSSR count). The molecular weight excluding hydrogens is 315 g/mol. The van der Waals surface area contributed by atoms with Crippen LogP contribution in [0.2, 0.25) is 10.0 Å². The fourth-order valence-corrected chi connectivity index (χ4v) is 3.71. The lowest BCUT2D eigenvalue weighted by molar-refractivity contribution is 0.658. The molecule has 0 radical (unpaired) electrons. The quantitative estimate of drug-likeness (QED) is 0.680. The predicted molar refractivity (Wildman–Crippen MR) is 94.0 cm³/mol. The molecule has 3 aromatic rings. The van der Waals surface area contributed by atoms with Gasteiger partial charge in [0.2, 0.25) is 0 Å². The normalized spacial score (nSPS) is 14.8. The van der Waals surface area contributed by atoms with Crippen LogP contribution in [0.1, 0.15) is 5.69 Å². The van der Waals surface area contributed by atoms with Crippen LogP contribution in [0.25, 0.3) is 22.0 Å². The number of para-hydroxylation sites is 1. The van der Waals surface area contributed by atoms with Crippen LogP contribution >= 0.6 is 23.2 Å². The second-order valence-corrected chi connectivity index (χ2v) is 6.42. The van der Waals surface area contributed by atoms with Gasteiger partial charge in [-0.2, -0.15) is 0 Å². The van der Waals surface area contributed by atoms with Gasteiger partial charge in [-0.15, -0.1) is 0 Å². The number of hydrogen-bond acceptors (Lipinski definition) is 1. The van der Waals surface area contributed by atoms with Crippen molar-refractivity contribution in [2.75, 3.05) is 13.1 Å². The molecule has 1 aromatic heterocycles. The minimum Gasteiger partial charge on any atom is -0.343 e. The van der Waals surface area contributed by atoms with Crippen molar-refractivity contribution in [3.63, 3.8) is 0 Å². The first-order valence-corrected chi connectivity index (χ1v) is 8.27. The molecule has 112 valence electrons. The molecule has 1 N–H and O–H groups in total. The van der Waals surface area contributed by atoms with Gasteiger partial charge in [0.15, 0.2) is 0 Å². The Labute approximate surface area is 139 Å². The number of nitrogens with zero attached hydrogens (tertiary/aromatic N) is 1. The van der Waals surface area contributed by atoms with Gasteiger partial charge in [-0.3, -0.25) is 0 Å². The zero-order chi connectivity index (χ0) is 15.1. The molecule has 1 aliphatic rings. The topological polar surface area (TPSA) is 17.0 Å². The molecule has 4 heteroatoms. The molecule has 2 aromatic carbocycles. The van der Waals surface area contributed by atoms with Crippen molar-refractivity contribution in [3.8, 4) is 11.1 Å². The summed E-state index contributed by atoms with van der Waals surface area (Å²) in [4.78, 5) is 0. The van der Waals surface area contributed by atoms with Crippen LogP contribution in [0.15, 0.2) is 42.5 Å². The summed E-state index contributed by atoms with van der Waals surface area (Å²) in [6, 6.07) is 14.5. The Morgan fingerprint density at radius 2 is 1.77 bits per heavy atom. The van der Waals surface area contributed by atoms with Crippen LogP contribution in [-0.2, 0) is 13.0 Å². The van der Waals surface area contributed by atoms with Crippen LogP contribution in [0.4, 0.5) is 0 Å². The van der Waals surface area contributed by atoms with E-state index in [9.17, 15) is 0 Å². The number of benzene rings is 2. The zero-order valence-electron chi connectivity index (χ0n) is 12.1. The summed E-state index contributed by atoms with van der Waals surface area (Å²) < 4.78 is 2.42. The highest BCUT2D eigenvalue weighted by Crippen LogP contribution is 2.38. The van der Waals surface area contributed by atoms with Gasteiger partial charge in [-0.1, -0.05) is 53.5 Å². The largest absolute Gasteiger partial charge is 0.343 e. The summed E-state index contributed by atoms with van der Waals surface area (Å²) in [6.45, 7) is 3.01. The number of hydrogen-bond donors (Lipinski definition) is 1. The summed E-state index contributed by atoms with van der Waals surface area (Å²) >= 11 is 12.7. The van der Waals surface area contributed by atoms with Gasteiger partial charge < -0.3 is 9.88 Å². The van der Waals surface area contributed by atoms with Crippen molar-refractivity contribution in [1.29, 1.82) is 0 Å². The fourth-order valence-electron chi connectivity index (χ4n) is 3.30. The molecule has 0 bridgehead atoms. The number of fused-ring (bicyclic) bond motifs is 3. The maximum absolute atomic E-state index is 6.46. The number of nitrogens with one attached hydrogen (secondary N) is 1. The molecule has 22 heavy (non-hydrogen) atoms. The molecule has 0 unspecified atom stereocenters. The van der Waals surface area contributed by atoms with Crippen LogP contribution in [-0.4, -0.2) is 17.7 Å². The lowest BCUT2D eigenvalue weighted by atomic mass is 10.0. The third-order valence-corrected chi connectivity index (χ3v) is 5.14. The van der Waals surface area contributed by atoms with Gasteiger partial charge in [0.1, 0.15) is 0 Å². The molecule has 0 amide bonds. The van der Waals surface area contributed by atoms with Crippen molar-refractivity contribution in [1.82, 2.24) is 9.88 Å². The second-order valence-electron chi connectivity index (χ2n) is 5.63. The van der Waals surface area contributed by atoms with Gasteiger partial charge in [0, 0.05) is 48.3 Å². The summed E-state index contributed by atoms with van der Waals surface area (Å²) in [7, 11) is 0. The molecule has 0 atom stereocenters. The average molecular weight is 331 g/mol. The van der Waals surface area contributed by atoms with Gasteiger partial charge in [0.25, 0.3) is 0 Å². The van der Waals surface area contributed by atoms with Gasteiger partial charge >= 0.3 is 0 Å². The Hall–Kier alpha value is -1.48. The van der Waals surface area contributed by atoms with Crippen LogP contribution in [0.3, 0.4) is 0 Å². The van der Waals surface area contributed by atoms with E-state index in [1.807, 2.05) is 18.2 Å². The molecule has 2 heterocycles. The first-order chi connectivity index (χ1) is 10.8. The SMILES string of the molecule is Clc1cccc(-c2cccc3cc4n(c23)CCNCC4)c1Cl. The Morgan fingerprint density at radius 1 is 0.955 bits per heavy atom. The maximum Gasteiger partial charge on any atom is 0.0671 e. The molecular formula is C18H16Cl2N2. The van der Waals surface area contributed by atoms with Crippen LogP contribution < -0.4 is 5.32 Å². The van der Waals surface area contributed by atoms with Crippen molar-refractivity contribution in [3.05, 3.63) is 58.2 Å². The fraction of sp³-hybridized carbons (Fsp3) is 0.222. The van der Waals surface area contributed by atoms with E-state index in [0.29, 0.717) is 10.0 Å². The minimum absolute atomic E-state index is 0.598. The van der Waals surface area contributed by atoms with E-state index in [2.05, 4.69) is 34.1 Å². The van der Waals surface area contributed by atoms with Crippen molar-refractivity contribution >= 4 is 34.1 Å². The van der Waals surface area contributed by atoms with Crippen LogP contribution in [0, 0.1) is 0 Å². The lowest BCUT2D eigenvalue weighted by Crippen LogP contribution is -2.17. The molecule has 0 fully saturated rings. The van der Waals surface area contributed by atoms with E-state index in [0.717, 1.165) is 37.2 Å². The average Bonchev–Trinajstić information content (AvgIpc) is 2.72. The maximum atomic E-state index is 6.46. The van der Waals surface area contributed by atoms with Crippen LogP contribution in [0.5, 0.6) is 0 Å². The monoisotopic (exact) mass is 330 g/mol.